The second-order valence-corrected chi connectivity index (χ2v) is 5.31. The van der Waals surface area contributed by atoms with Crippen LogP contribution in [0.3, 0.4) is 0 Å². The SMILES string of the molecule is N[C@@H](C#P=O)C(=O)OC1CC2(CCCC2)C1. The molecule has 1 spiro atoms. The van der Waals surface area contributed by atoms with Gasteiger partial charge in [-0.2, -0.15) is 0 Å². The van der Waals surface area contributed by atoms with Crippen molar-refractivity contribution < 1.29 is 14.1 Å². The van der Waals surface area contributed by atoms with Gasteiger partial charge in [-0.1, -0.05) is 0 Å². The molecule has 4 nitrogen and oxygen atoms in total. The molecule has 0 unspecified atom stereocenters. The molecule has 0 aromatic rings. The van der Waals surface area contributed by atoms with Crippen LogP contribution < -0.4 is 5.73 Å². The van der Waals surface area contributed by atoms with Crippen LogP contribution in [-0.2, 0) is 14.1 Å². The number of carbonyl (C=O) groups excluding carboxylic acids is 1. The van der Waals surface area contributed by atoms with Crippen molar-refractivity contribution in [1.29, 1.82) is 0 Å². The summed E-state index contributed by atoms with van der Waals surface area (Å²) in [6, 6.07) is -0.987. The number of hydrogen-bond donors (Lipinski definition) is 1. The van der Waals surface area contributed by atoms with Gasteiger partial charge in [0.2, 0.25) is 0 Å². The van der Waals surface area contributed by atoms with Gasteiger partial charge < -0.3 is 0 Å². The fraction of sp³-hybridized carbons (Fsp3) is 0.818. The van der Waals surface area contributed by atoms with Crippen LogP contribution in [0, 0.1) is 11.0 Å². The van der Waals surface area contributed by atoms with Gasteiger partial charge in [0.05, 0.1) is 0 Å². The van der Waals surface area contributed by atoms with Gasteiger partial charge in [-0.3, -0.25) is 0 Å². The Morgan fingerprint density at radius 1 is 1.44 bits per heavy atom. The summed E-state index contributed by atoms with van der Waals surface area (Å²) in [5.41, 5.74) is 8.14. The van der Waals surface area contributed by atoms with Gasteiger partial charge in [-0.25, -0.2) is 0 Å². The first kappa shape index (κ1) is 11.9. The predicted octanol–water partition coefficient (Wildman–Crippen LogP) is 1.83. The Morgan fingerprint density at radius 3 is 2.62 bits per heavy atom. The van der Waals surface area contributed by atoms with Crippen molar-refractivity contribution in [3.05, 3.63) is 0 Å². The summed E-state index contributed by atoms with van der Waals surface area (Å²) in [6.07, 6.45) is 7.10. The molecule has 0 aromatic carbocycles. The van der Waals surface area contributed by atoms with E-state index in [9.17, 15) is 9.36 Å². The topological polar surface area (TPSA) is 69.4 Å². The summed E-state index contributed by atoms with van der Waals surface area (Å²) in [7, 11) is -0.348. The average molecular weight is 241 g/mol. The van der Waals surface area contributed by atoms with Crippen LogP contribution >= 0.6 is 7.92 Å². The molecule has 2 fully saturated rings. The Kier molecular flexibility index (Phi) is 3.53. The summed E-state index contributed by atoms with van der Waals surface area (Å²) in [5, 5.41) is 0. The Hall–Kier alpha value is -0.560. The molecular formula is C11H16NO3P. The maximum absolute atomic E-state index is 11.4. The molecule has 16 heavy (non-hydrogen) atoms. The number of esters is 1. The molecule has 2 aliphatic carbocycles. The molecule has 0 radical (unpaired) electrons. The molecule has 2 N–H and O–H groups in total. The van der Waals surface area contributed by atoms with Crippen LogP contribution in [0.25, 0.3) is 0 Å². The van der Waals surface area contributed by atoms with E-state index < -0.39 is 12.0 Å². The van der Waals surface area contributed by atoms with Crippen molar-refractivity contribution in [3.8, 4) is 5.63 Å². The fourth-order valence-corrected chi connectivity index (χ4v) is 3.09. The van der Waals surface area contributed by atoms with Gasteiger partial charge in [0.25, 0.3) is 0 Å². The van der Waals surface area contributed by atoms with Crippen molar-refractivity contribution in [1.82, 2.24) is 0 Å². The first-order valence-corrected chi connectivity index (χ1v) is 6.50. The molecular weight excluding hydrogens is 225 g/mol. The summed E-state index contributed by atoms with van der Waals surface area (Å²) < 4.78 is 15.4. The second-order valence-electron chi connectivity index (χ2n) is 4.87. The second kappa shape index (κ2) is 4.75. The Balaban J connectivity index is 1.78. The third kappa shape index (κ3) is 2.40. The molecule has 1 atom stereocenters. The van der Waals surface area contributed by atoms with Crippen LogP contribution in [0.15, 0.2) is 0 Å². The zero-order valence-corrected chi connectivity index (χ0v) is 10.0. The minimum absolute atomic E-state index is 0.0155. The first-order chi connectivity index (χ1) is 7.65. The number of nitrogens with two attached hydrogens (primary N) is 1. The molecule has 0 amide bonds. The van der Waals surface area contributed by atoms with E-state index in [1.165, 1.54) is 25.7 Å². The first-order valence-electron chi connectivity index (χ1n) is 5.69. The van der Waals surface area contributed by atoms with Crippen LogP contribution in [-0.4, -0.2) is 18.1 Å². The summed E-state index contributed by atoms with van der Waals surface area (Å²) in [5.74, 6) is -0.513. The van der Waals surface area contributed by atoms with Crippen LogP contribution in [0.2, 0.25) is 0 Å². The van der Waals surface area contributed by atoms with Gasteiger partial charge >= 0.3 is 95.4 Å². The van der Waals surface area contributed by atoms with Gasteiger partial charge in [-0.05, 0) is 0 Å². The third-order valence-electron chi connectivity index (χ3n) is 3.71. The molecule has 2 saturated carbocycles. The summed E-state index contributed by atoms with van der Waals surface area (Å²) >= 11 is 0. The van der Waals surface area contributed by atoms with Gasteiger partial charge in [-0.15, -0.1) is 0 Å². The Morgan fingerprint density at radius 2 is 2.06 bits per heavy atom. The van der Waals surface area contributed by atoms with Gasteiger partial charge in [0.1, 0.15) is 0 Å². The van der Waals surface area contributed by atoms with Crippen molar-refractivity contribution in [2.75, 3.05) is 0 Å². The Labute approximate surface area is 96.0 Å². The van der Waals surface area contributed by atoms with E-state index in [4.69, 9.17) is 10.5 Å². The molecule has 0 aromatic heterocycles. The minimum atomic E-state index is -0.987. The summed E-state index contributed by atoms with van der Waals surface area (Å²) in [6.45, 7) is 0. The van der Waals surface area contributed by atoms with Gasteiger partial charge in [0.15, 0.2) is 0 Å². The maximum atomic E-state index is 11.4. The number of hydrogen-bond acceptors (Lipinski definition) is 4. The van der Waals surface area contributed by atoms with E-state index in [0.717, 1.165) is 12.8 Å². The van der Waals surface area contributed by atoms with Crippen LogP contribution in [0.4, 0.5) is 0 Å². The molecule has 2 rings (SSSR count). The van der Waals surface area contributed by atoms with E-state index >= 15 is 0 Å². The van der Waals surface area contributed by atoms with E-state index in [0.29, 0.717) is 5.41 Å². The van der Waals surface area contributed by atoms with Crippen LogP contribution in [0.1, 0.15) is 38.5 Å². The van der Waals surface area contributed by atoms with Crippen molar-refractivity contribution in [2.45, 2.75) is 50.7 Å². The normalized spacial score (nSPS) is 24.6. The predicted molar refractivity (Wildman–Crippen MR) is 59.5 cm³/mol. The molecule has 88 valence electrons. The van der Waals surface area contributed by atoms with Crippen LogP contribution in [0.5, 0.6) is 0 Å². The van der Waals surface area contributed by atoms with E-state index in [1.807, 2.05) is 0 Å². The van der Waals surface area contributed by atoms with Crippen molar-refractivity contribution >= 4 is 13.9 Å². The molecule has 2 aliphatic rings. The zero-order valence-electron chi connectivity index (χ0n) is 9.15. The summed E-state index contributed by atoms with van der Waals surface area (Å²) in [4.78, 5) is 11.4. The molecule has 0 bridgehead atoms. The monoisotopic (exact) mass is 241 g/mol. The van der Waals surface area contributed by atoms with E-state index in [2.05, 4.69) is 5.63 Å². The molecule has 5 heteroatoms. The van der Waals surface area contributed by atoms with Gasteiger partial charge in [0, 0.05) is 0 Å². The number of rotatable bonds is 2. The molecule has 0 aliphatic heterocycles. The Bertz CT molecular complexity index is 375. The van der Waals surface area contributed by atoms with E-state index in [1.54, 1.807) is 0 Å². The van der Waals surface area contributed by atoms with E-state index in [-0.39, 0.29) is 14.0 Å². The van der Waals surface area contributed by atoms with Crippen molar-refractivity contribution in [2.24, 2.45) is 11.1 Å². The standard InChI is InChI=1S/C11H16NO3P/c12-9(7-16-14)10(13)15-8-5-11(6-8)3-1-2-4-11/h8-9H,1-6,12H2/t9-/m0/s1. The fourth-order valence-electron chi connectivity index (χ4n) is 2.87. The average Bonchev–Trinajstić information content (AvgIpc) is 2.66. The quantitative estimate of drug-likeness (QED) is 0.591. The molecule has 0 saturated heterocycles. The number of ether oxygens (including phenoxy) is 1. The molecule has 0 heterocycles. The zero-order chi connectivity index (χ0) is 11.6. The van der Waals surface area contributed by atoms with Crippen molar-refractivity contribution in [3.63, 3.8) is 0 Å². The third-order valence-corrected chi connectivity index (χ3v) is 4.10. The number of carbonyl (C=O) groups is 1.